The van der Waals surface area contributed by atoms with Crippen LogP contribution in [-0.4, -0.2) is 20.3 Å². The van der Waals surface area contributed by atoms with E-state index < -0.39 is 5.60 Å². The lowest BCUT2D eigenvalue weighted by molar-refractivity contribution is -0.00892. The van der Waals surface area contributed by atoms with Crippen molar-refractivity contribution in [3.05, 3.63) is 18.2 Å². The smallest absolute Gasteiger partial charge is 0.111 e. The Hall–Kier alpha value is -0.830. The standard InChI is InChI=1S/C14H24N2O/c1-3-9-16-10-8-15-13(16)11-14(17)6-4-12(2)5-7-14/h8,10,12,17H,3-7,9,11H2,1-2H3. The van der Waals surface area contributed by atoms with Crippen molar-refractivity contribution in [1.29, 1.82) is 0 Å². The van der Waals surface area contributed by atoms with E-state index in [4.69, 9.17) is 0 Å². The monoisotopic (exact) mass is 236 g/mol. The molecular weight excluding hydrogens is 212 g/mol. The quantitative estimate of drug-likeness (QED) is 0.873. The molecule has 1 aromatic heterocycles. The molecule has 0 unspecified atom stereocenters. The second kappa shape index (κ2) is 5.21. The first-order chi connectivity index (χ1) is 8.13. The van der Waals surface area contributed by atoms with Crippen LogP contribution in [0.15, 0.2) is 12.4 Å². The van der Waals surface area contributed by atoms with Gasteiger partial charge in [0.05, 0.1) is 5.60 Å². The first kappa shape index (κ1) is 12.6. The summed E-state index contributed by atoms with van der Waals surface area (Å²) in [5.74, 6) is 1.81. The van der Waals surface area contributed by atoms with E-state index in [0.29, 0.717) is 6.42 Å². The summed E-state index contributed by atoms with van der Waals surface area (Å²) in [4.78, 5) is 4.40. The normalized spacial score (nSPS) is 29.5. The molecule has 0 aliphatic heterocycles. The van der Waals surface area contributed by atoms with Gasteiger partial charge in [-0.25, -0.2) is 4.98 Å². The van der Waals surface area contributed by atoms with E-state index in [1.807, 2.05) is 12.4 Å². The fraction of sp³-hybridized carbons (Fsp3) is 0.786. The molecule has 0 aromatic carbocycles. The Morgan fingerprint density at radius 2 is 2.18 bits per heavy atom. The number of imidazole rings is 1. The third-order valence-electron chi connectivity index (χ3n) is 3.96. The summed E-state index contributed by atoms with van der Waals surface area (Å²) >= 11 is 0. The van der Waals surface area contributed by atoms with Crippen molar-refractivity contribution in [2.24, 2.45) is 5.92 Å². The molecule has 1 saturated carbocycles. The Labute approximate surface area is 104 Å². The maximum Gasteiger partial charge on any atom is 0.111 e. The van der Waals surface area contributed by atoms with Gasteiger partial charge in [0, 0.05) is 25.4 Å². The summed E-state index contributed by atoms with van der Waals surface area (Å²) in [5.41, 5.74) is -0.511. The molecule has 3 nitrogen and oxygen atoms in total. The Morgan fingerprint density at radius 1 is 1.47 bits per heavy atom. The molecule has 3 heteroatoms. The van der Waals surface area contributed by atoms with E-state index in [9.17, 15) is 5.11 Å². The first-order valence-electron chi connectivity index (χ1n) is 6.85. The van der Waals surface area contributed by atoms with Crippen molar-refractivity contribution >= 4 is 0 Å². The number of hydrogen-bond donors (Lipinski definition) is 1. The van der Waals surface area contributed by atoms with Crippen LogP contribution in [0.5, 0.6) is 0 Å². The van der Waals surface area contributed by atoms with Gasteiger partial charge in [-0.15, -0.1) is 0 Å². The van der Waals surface area contributed by atoms with E-state index in [1.54, 1.807) is 0 Å². The van der Waals surface area contributed by atoms with Crippen molar-refractivity contribution in [3.63, 3.8) is 0 Å². The average Bonchev–Trinajstić information content (AvgIpc) is 2.71. The van der Waals surface area contributed by atoms with Gasteiger partial charge in [0.1, 0.15) is 5.82 Å². The molecule has 1 fully saturated rings. The third kappa shape index (κ3) is 3.09. The summed E-state index contributed by atoms with van der Waals surface area (Å²) < 4.78 is 2.18. The van der Waals surface area contributed by atoms with E-state index in [1.165, 1.54) is 0 Å². The molecular formula is C14H24N2O. The van der Waals surface area contributed by atoms with Gasteiger partial charge in [0.2, 0.25) is 0 Å². The van der Waals surface area contributed by atoms with E-state index in [-0.39, 0.29) is 0 Å². The van der Waals surface area contributed by atoms with E-state index in [2.05, 4.69) is 23.4 Å². The van der Waals surface area contributed by atoms with Gasteiger partial charge in [0.25, 0.3) is 0 Å². The van der Waals surface area contributed by atoms with Crippen LogP contribution in [0.2, 0.25) is 0 Å². The highest BCUT2D eigenvalue weighted by Gasteiger charge is 2.33. The zero-order chi connectivity index (χ0) is 12.3. The van der Waals surface area contributed by atoms with Crippen LogP contribution >= 0.6 is 0 Å². The molecule has 1 aliphatic carbocycles. The van der Waals surface area contributed by atoms with Crippen LogP contribution in [0.3, 0.4) is 0 Å². The molecule has 17 heavy (non-hydrogen) atoms. The van der Waals surface area contributed by atoms with Crippen LogP contribution < -0.4 is 0 Å². The predicted molar refractivity (Wildman–Crippen MR) is 68.8 cm³/mol. The van der Waals surface area contributed by atoms with Gasteiger partial charge in [-0.2, -0.15) is 0 Å². The zero-order valence-electron chi connectivity index (χ0n) is 11.0. The Kier molecular flexibility index (Phi) is 3.87. The Bertz CT molecular complexity index is 351. The van der Waals surface area contributed by atoms with E-state index >= 15 is 0 Å². The van der Waals surface area contributed by atoms with Crippen LogP contribution in [0.25, 0.3) is 0 Å². The molecule has 1 N–H and O–H groups in total. The second-order valence-corrected chi connectivity index (χ2v) is 5.62. The maximum atomic E-state index is 10.6. The van der Waals surface area contributed by atoms with Crippen molar-refractivity contribution < 1.29 is 5.11 Å². The maximum absolute atomic E-state index is 10.6. The van der Waals surface area contributed by atoms with Crippen LogP contribution in [-0.2, 0) is 13.0 Å². The predicted octanol–water partition coefficient (Wildman–Crippen LogP) is 2.78. The molecule has 1 aromatic rings. The molecule has 1 heterocycles. The van der Waals surface area contributed by atoms with Gasteiger partial charge < -0.3 is 9.67 Å². The van der Waals surface area contributed by atoms with Crippen molar-refractivity contribution in [2.45, 2.75) is 64.5 Å². The highest BCUT2D eigenvalue weighted by molar-refractivity contribution is 5.00. The van der Waals surface area contributed by atoms with Crippen molar-refractivity contribution in [1.82, 2.24) is 9.55 Å². The van der Waals surface area contributed by atoms with Gasteiger partial charge in [-0.1, -0.05) is 13.8 Å². The summed E-state index contributed by atoms with van der Waals surface area (Å²) in [6.07, 6.45) is 9.83. The Balaban J connectivity index is 2.01. The van der Waals surface area contributed by atoms with Gasteiger partial charge in [0.15, 0.2) is 0 Å². The lowest BCUT2D eigenvalue weighted by Gasteiger charge is -2.34. The molecule has 1 aliphatic rings. The SMILES string of the molecule is CCCn1ccnc1CC1(O)CCC(C)CC1. The summed E-state index contributed by atoms with van der Waals surface area (Å²) in [5, 5.41) is 10.6. The lowest BCUT2D eigenvalue weighted by atomic mass is 9.78. The molecule has 0 saturated heterocycles. The lowest BCUT2D eigenvalue weighted by Crippen LogP contribution is -2.36. The minimum Gasteiger partial charge on any atom is -0.389 e. The van der Waals surface area contributed by atoms with Gasteiger partial charge in [-0.3, -0.25) is 0 Å². The molecule has 96 valence electrons. The van der Waals surface area contributed by atoms with Crippen molar-refractivity contribution in [2.75, 3.05) is 0 Å². The van der Waals surface area contributed by atoms with Crippen LogP contribution in [0.4, 0.5) is 0 Å². The topological polar surface area (TPSA) is 38.0 Å². The zero-order valence-corrected chi connectivity index (χ0v) is 11.0. The average molecular weight is 236 g/mol. The molecule has 0 amide bonds. The molecule has 0 atom stereocenters. The number of aryl methyl sites for hydroxylation is 1. The second-order valence-electron chi connectivity index (χ2n) is 5.62. The molecule has 0 radical (unpaired) electrons. The fourth-order valence-corrected chi connectivity index (χ4v) is 2.72. The number of nitrogens with zero attached hydrogens (tertiary/aromatic N) is 2. The first-order valence-corrected chi connectivity index (χ1v) is 6.85. The molecule has 0 bridgehead atoms. The number of aromatic nitrogens is 2. The number of hydrogen-bond acceptors (Lipinski definition) is 2. The molecule has 2 rings (SSSR count). The Morgan fingerprint density at radius 3 is 2.82 bits per heavy atom. The van der Waals surface area contributed by atoms with Crippen LogP contribution in [0, 0.1) is 5.92 Å². The summed E-state index contributed by atoms with van der Waals surface area (Å²) in [7, 11) is 0. The fourth-order valence-electron chi connectivity index (χ4n) is 2.72. The number of rotatable bonds is 4. The van der Waals surface area contributed by atoms with Gasteiger partial charge in [-0.05, 0) is 38.0 Å². The highest BCUT2D eigenvalue weighted by Crippen LogP contribution is 2.33. The minimum atomic E-state index is -0.511. The molecule has 0 spiro atoms. The van der Waals surface area contributed by atoms with E-state index in [0.717, 1.165) is 50.4 Å². The summed E-state index contributed by atoms with van der Waals surface area (Å²) in [6, 6.07) is 0. The van der Waals surface area contributed by atoms with Gasteiger partial charge >= 0.3 is 0 Å². The van der Waals surface area contributed by atoms with Crippen molar-refractivity contribution in [3.8, 4) is 0 Å². The minimum absolute atomic E-state index is 0.511. The van der Waals surface area contributed by atoms with Crippen LogP contribution in [0.1, 0.15) is 51.8 Å². The number of aliphatic hydroxyl groups is 1. The third-order valence-corrected chi connectivity index (χ3v) is 3.96. The largest absolute Gasteiger partial charge is 0.389 e. The summed E-state index contributed by atoms with van der Waals surface area (Å²) in [6.45, 7) is 5.44. The highest BCUT2D eigenvalue weighted by atomic mass is 16.3.